The van der Waals surface area contributed by atoms with E-state index in [9.17, 15) is 0 Å². The van der Waals surface area contributed by atoms with Crippen LogP contribution in [0.15, 0.2) is 30.9 Å². The first-order chi connectivity index (χ1) is 6.65. The van der Waals surface area contributed by atoms with E-state index in [2.05, 4.69) is 45.5 Å². The highest BCUT2D eigenvalue weighted by Gasteiger charge is 2.07. The van der Waals surface area contributed by atoms with E-state index < -0.39 is 0 Å². The Kier molecular flexibility index (Phi) is 3.94. The lowest BCUT2D eigenvalue weighted by atomic mass is 9.91. The van der Waals surface area contributed by atoms with E-state index >= 15 is 0 Å². The zero-order valence-electron chi connectivity index (χ0n) is 9.51. The molecule has 0 bridgehead atoms. The largest absolute Gasteiger partial charge is 0.103 e. The van der Waals surface area contributed by atoms with Crippen LogP contribution >= 0.6 is 0 Å². The van der Waals surface area contributed by atoms with Crippen LogP contribution < -0.4 is 0 Å². The van der Waals surface area contributed by atoms with Gasteiger partial charge in [-0.3, -0.25) is 0 Å². The Hall–Kier alpha value is -1.04. The van der Waals surface area contributed by atoms with Gasteiger partial charge in [-0.15, -0.1) is 6.58 Å². The van der Waals surface area contributed by atoms with Gasteiger partial charge in [0.1, 0.15) is 0 Å². The normalized spacial score (nSPS) is 12.5. The van der Waals surface area contributed by atoms with Gasteiger partial charge in [0.25, 0.3) is 0 Å². The molecule has 0 radical (unpaired) electrons. The fraction of sp³-hybridized carbons (Fsp3) is 0.429. The third-order valence-electron chi connectivity index (χ3n) is 2.77. The summed E-state index contributed by atoms with van der Waals surface area (Å²) in [5.41, 5.74) is 4.26. The predicted octanol–water partition coefficient (Wildman–Crippen LogP) is 4.37. The van der Waals surface area contributed by atoms with E-state index in [0.29, 0.717) is 5.92 Å². The summed E-state index contributed by atoms with van der Waals surface area (Å²) in [4.78, 5) is 0. The molecule has 14 heavy (non-hydrogen) atoms. The molecule has 0 spiro atoms. The van der Waals surface area contributed by atoms with Gasteiger partial charge in [-0.2, -0.15) is 0 Å². The molecule has 0 heteroatoms. The second kappa shape index (κ2) is 4.99. The predicted molar refractivity (Wildman–Crippen MR) is 63.8 cm³/mol. The number of hydrogen-bond donors (Lipinski definition) is 0. The maximum atomic E-state index is 3.77. The standard InChI is InChI=1S/C14H20/c1-5-6-7-12(3)14-10-11(2)8-9-13(14)4/h5,8-10,12H,1,6-7H2,2-4H3. The summed E-state index contributed by atoms with van der Waals surface area (Å²) in [5, 5.41) is 0. The van der Waals surface area contributed by atoms with Crippen molar-refractivity contribution in [2.75, 3.05) is 0 Å². The third-order valence-corrected chi connectivity index (χ3v) is 2.77. The van der Waals surface area contributed by atoms with Crippen LogP contribution in [0, 0.1) is 13.8 Å². The molecule has 0 amide bonds. The first kappa shape index (κ1) is 11.0. The Bertz CT molecular complexity index is 310. The molecule has 1 unspecified atom stereocenters. The van der Waals surface area contributed by atoms with Gasteiger partial charge in [0.15, 0.2) is 0 Å². The summed E-state index contributed by atoms with van der Waals surface area (Å²) in [6.45, 7) is 10.4. The topological polar surface area (TPSA) is 0 Å². The van der Waals surface area contributed by atoms with Crippen LogP contribution in [0.3, 0.4) is 0 Å². The molecule has 1 rings (SSSR count). The van der Waals surface area contributed by atoms with Crippen molar-refractivity contribution in [3.05, 3.63) is 47.5 Å². The Labute approximate surface area is 87.7 Å². The summed E-state index contributed by atoms with van der Waals surface area (Å²) < 4.78 is 0. The van der Waals surface area contributed by atoms with Gasteiger partial charge in [0, 0.05) is 0 Å². The number of aryl methyl sites for hydroxylation is 2. The monoisotopic (exact) mass is 188 g/mol. The lowest BCUT2D eigenvalue weighted by Crippen LogP contribution is -1.96. The molecule has 0 saturated heterocycles. The van der Waals surface area contributed by atoms with E-state index in [1.807, 2.05) is 6.08 Å². The van der Waals surface area contributed by atoms with E-state index in [0.717, 1.165) is 6.42 Å². The molecule has 76 valence electrons. The molecule has 0 aliphatic rings. The Morgan fingerprint density at radius 3 is 2.71 bits per heavy atom. The molecular weight excluding hydrogens is 168 g/mol. The Morgan fingerprint density at radius 2 is 2.07 bits per heavy atom. The van der Waals surface area contributed by atoms with Gasteiger partial charge in [0.05, 0.1) is 0 Å². The molecule has 0 fully saturated rings. The highest BCUT2D eigenvalue weighted by molar-refractivity contribution is 5.32. The lowest BCUT2D eigenvalue weighted by Gasteiger charge is -2.14. The summed E-state index contributed by atoms with van der Waals surface area (Å²) in [7, 11) is 0. The lowest BCUT2D eigenvalue weighted by molar-refractivity contribution is 0.686. The minimum absolute atomic E-state index is 0.646. The zero-order chi connectivity index (χ0) is 10.6. The van der Waals surface area contributed by atoms with Crippen LogP contribution in [-0.4, -0.2) is 0 Å². The van der Waals surface area contributed by atoms with Crippen molar-refractivity contribution < 1.29 is 0 Å². The Balaban J connectivity index is 2.82. The molecule has 0 saturated carbocycles. The summed E-state index contributed by atoms with van der Waals surface area (Å²) in [6, 6.07) is 6.71. The maximum Gasteiger partial charge on any atom is -0.0185 e. The van der Waals surface area contributed by atoms with Crippen molar-refractivity contribution in [2.45, 2.75) is 39.5 Å². The summed E-state index contributed by atoms with van der Waals surface area (Å²) in [5.74, 6) is 0.646. The average molecular weight is 188 g/mol. The molecule has 0 aromatic heterocycles. The molecule has 1 atom stereocenters. The van der Waals surface area contributed by atoms with Gasteiger partial charge in [-0.25, -0.2) is 0 Å². The highest BCUT2D eigenvalue weighted by Crippen LogP contribution is 2.24. The molecule has 1 aromatic carbocycles. The maximum absolute atomic E-state index is 3.77. The van der Waals surface area contributed by atoms with Crippen molar-refractivity contribution in [2.24, 2.45) is 0 Å². The molecule has 0 nitrogen and oxygen atoms in total. The molecule has 1 aromatic rings. The highest BCUT2D eigenvalue weighted by atomic mass is 14.1. The fourth-order valence-corrected chi connectivity index (χ4v) is 1.81. The van der Waals surface area contributed by atoms with Crippen LogP contribution in [-0.2, 0) is 0 Å². The van der Waals surface area contributed by atoms with Gasteiger partial charge in [-0.1, -0.05) is 36.8 Å². The van der Waals surface area contributed by atoms with Crippen molar-refractivity contribution in [1.29, 1.82) is 0 Å². The zero-order valence-corrected chi connectivity index (χ0v) is 9.51. The number of allylic oxidation sites excluding steroid dienone is 1. The Morgan fingerprint density at radius 1 is 1.36 bits per heavy atom. The van der Waals surface area contributed by atoms with Gasteiger partial charge >= 0.3 is 0 Å². The van der Waals surface area contributed by atoms with E-state index in [4.69, 9.17) is 0 Å². The minimum Gasteiger partial charge on any atom is -0.103 e. The smallest absolute Gasteiger partial charge is 0.0185 e. The first-order valence-electron chi connectivity index (χ1n) is 5.33. The number of benzene rings is 1. The summed E-state index contributed by atoms with van der Waals surface area (Å²) >= 11 is 0. The SMILES string of the molecule is C=CCCC(C)c1cc(C)ccc1C. The minimum atomic E-state index is 0.646. The second-order valence-corrected chi connectivity index (χ2v) is 4.13. The van der Waals surface area contributed by atoms with Crippen molar-refractivity contribution in [3.8, 4) is 0 Å². The van der Waals surface area contributed by atoms with Crippen molar-refractivity contribution in [3.63, 3.8) is 0 Å². The van der Waals surface area contributed by atoms with Gasteiger partial charge in [-0.05, 0) is 43.7 Å². The fourth-order valence-electron chi connectivity index (χ4n) is 1.81. The van der Waals surface area contributed by atoms with Crippen LogP contribution in [0.2, 0.25) is 0 Å². The van der Waals surface area contributed by atoms with Crippen LogP contribution in [0.5, 0.6) is 0 Å². The molecule has 0 N–H and O–H groups in total. The van der Waals surface area contributed by atoms with E-state index in [-0.39, 0.29) is 0 Å². The van der Waals surface area contributed by atoms with Crippen LogP contribution in [0.1, 0.15) is 42.4 Å². The third kappa shape index (κ3) is 2.73. The number of hydrogen-bond acceptors (Lipinski definition) is 0. The number of rotatable bonds is 4. The quantitative estimate of drug-likeness (QED) is 0.615. The van der Waals surface area contributed by atoms with E-state index in [1.165, 1.54) is 23.1 Å². The molecule has 0 aliphatic carbocycles. The van der Waals surface area contributed by atoms with Gasteiger partial charge < -0.3 is 0 Å². The van der Waals surface area contributed by atoms with Crippen molar-refractivity contribution in [1.82, 2.24) is 0 Å². The average Bonchev–Trinajstić information content (AvgIpc) is 2.18. The van der Waals surface area contributed by atoms with E-state index in [1.54, 1.807) is 0 Å². The van der Waals surface area contributed by atoms with Crippen molar-refractivity contribution >= 4 is 0 Å². The molecule has 0 heterocycles. The second-order valence-electron chi connectivity index (χ2n) is 4.13. The summed E-state index contributed by atoms with van der Waals surface area (Å²) in [6.07, 6.45) is 4.31. The van der Waals surface area contributed by atoms with Crippen LogP contribution in [0.4, 0.5) is 0 Å². The first-order valence-corrected chi connectivity index (χ1v) is 5.33. The van der Waals surface area contributed by atoms with Gasteiger partial charge in [0.2, 0.25) is 0 Å². The molecular formula is C14H20. The molecule has 0 aliphatic heterocycles. The van der Waals surface area contributed by atoms with Crippen LogP contribution in [0.25, 0.3) is 0 Å².